The zero-order valence-corrected chi connectivity index (χ0v) is 35.0. The molecule has 3 nitrogen and oxygen atoms in total. The van der Waals surface area contributed by atoms with Crippen molar-refractivity contribution >= 4 is 50.5 Å². The van der Waals surface area contributed by atoms with Crippen LogP contribution in [0.25, 0.3) is 10.9 Å². The van der Waals surface area contributed by atoms with Gasteiger partial charge in [0.2, 0.25) is 29.3 Å². The van der Waals surface area contributed by atoms with Crippen LogP contribution in [0.2, 0.25) is 0 Å². The number of nitrogens with zero attached hydrogens (tertiary/aromatic N) is 1. The number of hydrogen-bond acceptors (Lipinski definition) is 2. The summed E-state index contributed by atoms with van der Waals surface area (Å²) in [6.07, 6.45) is -7.22. The van der Waals surface area contributed by atoms with E-state index in [0.29, 0.717) is 11.3 Å². The second-order valence-corrected chi connectivity index (χ2v) is 16.0. The molecule has 0 unspecified atom stereocenters. The third-order valence-corrected chi connectivity index (χ3v) is 11.0. The predicted octanol–water partition coefficient (Wildman–Crippen LogP) is 10.1. The molecule has 0 radical (unpaired) electrons. The van der Waals surface area contributed by atoms with Crippen LogP contribution in [-0.4, -0.2) is 17.7 Å². The van der Waals surface area contributed by atoms with Gasteiger partial charge in [0.1, 0.15) is 52.7 Å². The van der Waals surface area contributed by atoms with Crippen molar-refractivity contribution in [3.8, 4) is 0 Å². The van der Waals surface area contributed by atoms with Crippen molar-refractivity contribution in [2.24, 2.45) is 5.41 Å². The molecule has 366 valence electrons. The van der Waals surface area contributed by atoms with Crippen molar-refractivity contribution < 1.29 is 102 Å². The van der Waals surface area contributed by atoms with Crippen molar-refractivity contribution in [2.75, 3.05) is 0 Å². The van der Waals surface area contributed by atoms with Crippen molar-refractivity contribution in [3.63, 3.8) is 0 Å². The molecule has 7 aromatic rings. The number of hydrogen-bond donors (Lipinski definition) is 0. The second kappa shape index (κ2) is 18.9. The van der Waals surface area contributed by atoms with E-state index < -0.39 is 150 Å². The first-order valence-electron chi connectivity index (χ1n) is 19.4. The molecule has 1 aromatic heterocycles. The van der Waals surface area contributed by atoms with Crippen molar-refractivity contribution in [3.05, 3.63) is 194 Å². The molecule has 0 saturated carbocycles. The molecule has 6 aromatic carbocycles. The van der Waals surface area contributed by atoms with Crippen LogP contribution in [0.3, 0.4) is 0 Å². The normalized spacial score (nSPS) is 11.8. The summed E-state index contributed by atoms with van der Waals surface area (Å²) in [5.74, 6) is -71.4. The molecule has 0 aliphatic heterocycles. The third kappa shape index (κ3) is 8.18. The maximum Gasteiger partial charge on any atom is 0.250 e. The third-order valence-electron chi connectivity index (χ3n) is 11.0. The summed E-state index contributed by atoms with van der Waals surface area (Å²) >= 11 is 0. The van der Waals surface area contributed by atoms with Gasteiger partial charge in [-0.25, -0.2) is 87.8 Å². The lowest BCUT2D eigenvalue weighted by molar-refractivity contribution is -0.659. The average Bonchev–Trinajstić information content (AvgIpc) is 3.33. The summed E-state index contributed by atoms with van der Waals surface area (Å²) in [6.45, 7) is 5.83. The Balaban J connectivity index is 0.000000270. The van der Waals surface area contributed by atoms with Crippen LogP contribution in [-0.2, 0) is 6.54 Å². The molecule has 70 heavy (non-hydrogen) atoms. The molecular formula is C46H22BF20NO2. The highest BCUT2D eigenvalue weighted by molar-refractivity contribution is 7.20. The van der Waals surface area contributed by atoms with Gasteiger partial charge in [0.25, 0.3) is 0 Å². The van der Waals surface area contributed by atoms with Crippen LogP contribution in [0.5, 0.6) is 0 Å². The van der Waals surface area contributed by atoms with Gasteiger partial charge in [0, 0.05) is 28.5 Å². The van der Waals surface area contributed by atoms with Gasteiger partial charge in [0.15, 0.2) is 69.8 Å². The number of carbonyl (C=O) groups is 2. The number of fused-ring (bicyclic) bond motifs is 1. The van der Waals surface area contributed by atoms with Gasteiger partial charge in [0.05, 0.1) is 0 Å². The summed E-state index contributed by atoms with van der Waals surface area (Å²) in [5.41, 5.74) is -12.7. The van der Waals surface area contributed by atoms with Crippen LogP contribution < -0.4 is 26.4 Å². The summed E-state index contributed by atoms with van der Waals surface area (Å²) in [6, 6.07) is 20.8. The maximum atomic E-state index is 15.4. The van der Waals surface area contributed by atoms with E-state index in [4.69, 9.17) is 0 Å². The van der Waals surface area contributed by atoms with Gasteiger partial charge >= 0.3 is 0 Å². The highest BCUT2D eigenvalue weighted by Gasteiger charge is 2.52. The van der Waals surface area contributed by atoms with E-state index in [2.05, 4.69) is 0 Å². The zero-order valence-electron chi connectivity index (χ0n) is 35.0. The summed E-state index contributed by atoms with van der Waals surface area (Å²) in [7, 11) is 0. The Kier molecular flexibility index (Phi) is 14.1. The first-order chi connectivity index (χ1) is 32.6. The Bertz CT molecular complexity index is 2940. The number of halogens is 20. The SMILES string of the molecule is CC(C)(C)C(=O)c1ccc2ccccc2[n+]1CC(=O)c1ccccc1.Fc1c(F)c(F)c([B-](c2c(F)c(F)c(F)c(F)c2F)(c2c(F)c(F)c(F)c(F)c2F)c2c(F)c(F)c(F)c(F)c2F)c(F)c1F. The fourth-order valence-electron chi connectivity index (χ4n) is 7.75. The largest absolute Gasteiger partial charge is 0.287 e. The van der Waals surface area contributed by atoms with Crippen molar-refractivity contribution in [1.82, 2.24) is 0 Å². The molecule has 0 aliphatic carbocycles. The number of benzene rings is 6. The van der Waals surface area contributed by atoms with Gasteiger partial charge in [-0.3, -0.25) is 9.59 Å². The molecule has 0 atom stereocenters. The second-order valence-electron chi connectivity index (χ2n) is 16.0. The van der Waals surface area contributed by atoms with Gasteiger partial charge in [-0.15, -0.1) is 21.9 Å². The van der Waals surface area contributed by atoms with E-state index >= 15 is 35.1 Å². The van der Waals surface area contributed by atoms with Gasteiger partial charge in [-0.1, -0.05) is 63.2 Å². The molecule has 0 amide bonds. The molecule has 0 N–H and O–H groups in total. The molecule has 7 rings (SSSR count). The number of Topliss-reactive ketones (excluding diaryl/α,β-unsaturated/α-hetero) is 2. The summed E-state index contributed by atoms with van der Waals surface area (Å²) in [4.78, 5) is 25.7. The van der Waals surface area contributed by atoms with Gasteiger partial charge in [-0.2, -0.15) is 4.57 Å². The molecule has 0 spiro atoms. The molecule has 24 heteroatoms. The lowest BCUT2D eigenvalue weighted by atomic mass is 9.12. The number of aromatic nitrogens is 1. The van der Waals surface area contributed by atoms with Crippen molar-refractivity contribution in [1.29, 1.82) is 0 Å². The Morgan fingerprint density at radius 2 is 0.671 bits per heavy atom. The highest BCUT2D eigenvalue weighted by Crippen LogP contribution is 2.31. The Labute approximate surface area is 379 Å². The van der Waals surface area contributed by atoms with Crippen LogP contribution in [0, 0.1) is 122 Å². The maximum absolute atomic E-state index is 15.4. The topological polar surface area (TPSA) is 38.0 Å². The lowest BCUT2D eigenvalue weighted by Gasteiger charge is -2.44. The van der Waals surface area contributed by atoms with E-state index in [1.165, 1.54) is 0 Å². The van der Waals surface area contributed by atoms with Gasteiger partial charge in [-0.05, 0) is 12.1 Å². The van der Waals surface area contributed by atoms with E-state index in [-0.39, 0.29) is 18.1 Å². The lowest BCUT2D eigenvalue weighted by Crippen LogP contribution is -2.81. The van der Waals surface area contributed by atoms with E-state index in [9.17, 15) is 62.3 Å². The Morgan fingerprint density at radius 1 is 0.386 bits per heavy atom. The minimum absolute atomic E-state index is 0.00934. The standard InChI is InChI=1S/C24BF20.C22H22NO2/c26-5-1(6(27)14(35)21(42)13(5)34)25(2-7(28)15(36)22(43)16(37)8(2)29,3-9(30)17(38)23(44)18(39)10(3)31)4-11(32)19(40)24(45)20(41)12(4)33;1-22(2,3)21(25)19-14-13-16-9-7-8-12-18(16)23(19)15-20(24)17-10-5-4-6-11-17/h;4-14H,15H2,1-3H3/q-1;+1. The van der Waals surface area contributed by atoms with Crippen LogP contribution in [0.4, 0.5) is 87.8 Å². The smallest absolute Gasteiger partial charge is 0.250 e. The minimum atomic E-state index is -7.22. The van der Waals surface area contributed by atoms with E-state index in [1.807, 2.05) is 79.9 Å². The predicted molar refractivity (Wildman–Crippen MR) is 208 cm³/mol. The number of carbonyl (C=O) groups excluding carboxylic acids is 2. The number of rotatable bonds is 8. The number of ketones is 2. The first-order valence-corrected chi connectivity index (χ1v) is 19.4. The average molecular weight is 1010 g/mol. The van der Waals surface area contributed by atoms with Crippen LogP contribution in [0.1, 0.15) is 41.6 Å². The van der Waals surface area contributed by atoms with E-state index in [0.717, 1.165) is 10.9 Å². The van der Waals surface area contributed by atoms with Crippen molar-refractivity contribution in [2.45, 2.75) is 27.3 Å². The number of pyridine rings is 1. The molecule has 0 saturated heterocycles. The van der Waals surface area contributed by atoms with E-state index in [1.54, 1.807) is 12.1 Å². The molecule has 0 fully saturated rings. The quantitative estimate of drug-likeness (QED) is 0.0380. The Morgan fingerprint density at radius 3 is 0.986 bits per heavy atom. The molecule has 1 heterocycles. The van der Waals surface area contributed by atoms with Crippen LogP contribution >= 0.6 is 0 Å². The Hall–Kier alpha value is -7.27. The minimum Gasteiger partial charge on any atom is -0.287 e. The number of para-hydroxylation sites is 1. The fourth-order valence-corrected chi connectivity index (χ4v) is 7.75. The molecular weight excluding hydrogens is 989 g/mol. The fraction of sp³-hybridized carbons (Fsp3) is 0.109. The highest BCUT2D eigenvalue weighted by atomic mass is 19.2. The summed E-state index contributed by atoms with van der Waals surface area (Å²) < 4.78 is 296. The summed E-state index contributed by atoms with van der Waals surface area (Å²) in [5, 5.41) is 1.01. The molecule has 0 aliphatic rings. The van der Waals surface area contributed by atoms with Crippen LogP contribution in [0.15, 0.2) is 66.7 Å². The van der Waals surface area contributed by atoms with Gasteiger partial charge < -0.3 is 0 Å². The zero-order chi connectivity index (χ0) is 52.4. The first kappa shape index (κ1) is 52.1. The molecule has 0 bridgehead atoms. The monoisotopic (exact) mass is 1010 g/mol.